The number of para-hydroxylation sites is 1. The van der Waals surface area contributed by atoms with E-state index in [1.807, 2.05) is 36.4 Å². The highest BCUT2D eigenvalue weighted by molar-refractivity contribution is 6.39. The third-order valence-electron chi connectivity index (χ3n) is 4.28. The fraction of sp³-hybridized carbons (Fsp3) is 0.263. The van der Waals surface area contributed by atoms with Crippen LogP contribution in [-0.4, -0.2) is 23.5 Å². The van der Waals surface area contributed by atoms with E-state index in [1.54, 1.807) is 24.3 Å². The normalized spacial score (nSPS) is 16.0. The van der Waals surface area contributed by atoms with Gasteiger partial charge in [-0.05, 0) is 36.5 Å². The number of nitrogens with one attached hydrogen (secondary N) is 2. The number of amides is 2. The van der Waals surface area contributed by atoms with E-state index in [0.29, 0.717) is 5.69 Å². The molecule has 1 aliphatic carbocycles. The molecule has 1 fully saturated rings. The molecule has 0 spiro atoms. The summed E-state index contributed by atoms with van der Waals surface area (Å²) in [6.45, 7) is 0.0166. The molecule has 1 saturated carbocycles. The molecule has 124 valence electrons. The van der Waals surface area contributed by atoms with Crippen LogP contribution >= 0.6 is 0 Å². The summed E-state index contributed by atoms with van der Waals surface area (Å²) in [5.41, 5.74) is 0.179. The van der Waals surface area contributed by atoms with Crippen molar-refractivity contribution in [3.8, 4) is 0 Å². The van der Waals surface area contributed by atoms with Crippen LogP contribution in [0.1, 0.15) is 18.4 Å². The molecular weight excluding hydrogens is 304 g/mol. The van der Waals surface area contributed by atoms with Crippen LogP contribution in [-0.2, 0) is 15.2 Å². The zero-order chi connectivity index (χ0) is 17.0. The van der Waals surface area contributed by atoms with Gasteiger partial charge in [-0.25, -0.2) is 0 Å². The van der Waals surface area contributed by atoms with E-state index in [-0.39, 0.29) is 12.5 Å². The lowest BCUT2D eigenvalue weighted by molar-refractivity contribution is -0.137. The summed E-state index contributed by atoms with van der Waals surface area (Å²) in [6, 6.07) is 18.0. The Morgan fingerprint density at radius 1 is 0.958 bits per heavy atom. The van der Waals surface area contributed by atoms with E-state index >= 15 is 0 Å². The van der Waals surface area contributed by atoms with Gasteiger partial charge in [0.25, 0.3) is 0 Å². The summed E-state index contributed by atoms with van der Waals surface area (Å²) < 4.78 is 0. The minimum atomic E-state index is -1.13. The fourth-order valence-corrected chi connectivity index (χ4v) is 2.77. The average molecular weight is 324 g/mol. The molecule has 0 radical (unpaired) electrons. The Hall–Kier alpha value is -2.66. The minimum absolute atomic E-state index is 0.0166. The molecule has 1 atom stereocenters. The zero-order valence-electron chi connectivity index (χ0n) is 13.2. The number of carbonyl (C=O) groups excluding carboxylic acids is 2. The molecule has 0 bridgehead atoms. The first kappa shape index (κ1) is 16.2. The van der Waals surface area contributed by atoms with E-state index in [1.165, 1.54) is 0 Å². The van der Waals surface area contributed by atoms with Crippen molar-refractivity contribution in [2.45, 2.75) is 18.4 Å². The van der Waals surface area contributed by atoms with E-state index in [2.05, 4.69) is 10.6 Å². The second-order valence-electron chi connectivity index (χ2n) is 6.07. The van der Waals surface area contributed by atoms with Crippen LogP contribution in [0.5, 0.6) is 0 Å². The molecule has 1 unspecified atom stereocenters. The molecule has 3 N–H and O–H groups in total. The smallest absolute Gasteiger partial charge is 0.313 e. The van der Waals surface area contributed by atoms with Crippen LogP contribution in [0.15, 0.2) is 60.7 Å². The zero-order valence-corrected chi connectivity index (χ0v) is 13.2. The molecular formula is C19H20N2O3. The van der Waals surface area contributed by atoms with Gasteiger partial charge in [0, 0.05) is 5.69 Å². The first-order valence-corrected chi connectivity index (χ1v) is 8.02. The van der Waals surface area contributed by atoms with Gasteiger partial charge in [0.1, 0.15) is 5.60 Å². The van der Waals surface area contributed by atoms with Crippen molar-refractivity contribution in [1.82, 2.24) is 5.32 Å². The van der Waals surface area contributed by atoms with Crippen LogP contribution in [0.25, 0.3) is 0 Å². The van der Waals surface area contributed by atoms with Crippen molar-refractivity contribution in [3.05, 3.63) is 66.2 Å². The van der Waals surface area contributed by atoms with E-state index in [0.717, 1.165) is 18.4 Å². The molecule has 24 heavy (non-hydrogen) atoms. The maximum Gasteiger partial charge on any atom is 0.313 e. The predicted molar refractivity (Wildman–Crippen MR) is 91.1 cm³/mol. The van der Waals surface area contributed by atoms with Gasteiger partial charge in [-0.2, -0.15) is 0 Å². The molecule has 0 heterocycles. The van der Waals surface area contributed by atoms with Crippen LogP contribution in [0.4, 0.5) is 5.69 Å². The van der Waals surface area contributed by atoms with E-state index < -0.39 is 17.4 Å². The maximum atomic E-state index is 12.0. The number of benzene rings is 2. The summed E-state index contributed by atoms with van der Waals surface area (Å²) in [5, 5.41) is 16.1. The lowest BCUT2D eigenvalue weighted by Gasteiger charge is -2.29. The lowest BCUT2D eigenvalue weighted by atomic mass is 9.88. The Bertz CT molecular complexity index is 714. The highest BCUT2D eigenvalue weighted by atomic mass is 16.3. The lowest BCUT2D eigenvalue weighted by Crippen LogP contribution is -2.45. The number of anilines is 1. The van der Waals surface area contributed by atoms with Crippen LogP contribution < -0.4 is 10.6 Å². The third-order valence-corrected chi connectivity index (χ3v) is 4.28. The summed E-state index contributed by atoms with van der Waals surface area (Å²) in [5.74, 6) is -1.39. The van der Waals surface area contributed by atoms with E-state index in [4.69, 9.17) is 0 Å². The molecule has 3 rings (SSSR count). The van der Waals surface area contributed by atoms with Gasteiger partial charge in [-0.3, -0.25) is 9.59 Å². The highest BCUT2D eigenvalue weighted by Crippen LogP contribution is 2.45. The summed E-state index contributed by atoms with van der Waals surface area (Å²) in [6.07, 6.45) is 1.83. The standard InChI is InChI=1S/C19H20N2O3/c22-17(18(23)21-16-9-5-2-6-10-16)20-13-19(24,15-11-12-15)14-7-3-1-4-8-14/h1-10,15,24H,11-13H2,(H,20,22)(H,21,23). The molecule has 2 aromatic rings. The molecule has 2 aromatic carbocycles. The minimum Gasteiger partial charge on any atom is -0.383 e. The van der Waals surface area contributed by atoms with Gasteiger partial charge >= 0.3 is 11.8 Å². The molecule has 1 aliphatic rings. The van der Waals surface area contributed by atoms with Gasteiger partial charge < -0.3 is 15.7 Å². The molecule has 0 aliphatic heterocycles. The topological polar surface area (TPSA) is 78.4 Å². The summed E-state index contributed by atoms with van der Waals surface area (Å²) in [4.78, 5) is 24.0. The Kier molecular flexibility index (Phi) is 4.62. The van der Waals surface area contributed by atoms with Crippen molar-refractivity contribution in [1.29, 1.82) is 0 Å². The van der Waals surface area contributed by atoms with E-state index in [9.17, 15) is 14.7 Å². The van der Waals surface area contributed by atoms with Gasteiger partial charge in [0.05, 0.1) is 6.54 Å². The number of hydrogen-bond donors (Lipinski definition) is 3. The number of hydrogen-bond acceptors (Lipinski definition) is 3. The van der Waals surface area contributed by atoms with Crippen molar-refractivity contribution in [2.24, 2.45) is 5.92 Å². The maximum absolute atomic E-state index is 12.0. The Balaban J connectivity index is 1.63. The van der Waals surface area contributed by atoms with Crippen molar-refractivity contribution < 1.29 is 14.7 Å². The quantitative estimate of drug-likeness (QED) is 0.737. The van der Waals surface area contributed by atoms with Crippen LogP contribution in [0.3, 0.4) is 0 Å². The monoisotopic (exact) mass is 324 g/mol. The SMILES string of the molecule is O=C(NCC(O)(c1ccccc1)C1CC1)C(=O)Nc1ccccc1. The van der Waals surface area contributed by atoms with Crippen molar-refractivity contribution in [2.75, 3.05) is 11.9 Å². The summed E-state index contributed by atoms with van der Waals surface area (Å²) >= 11 is 0. The van der Waals surface area contributed by atoms with Crippen LogP contribution in [0, 0.1) is 5.92 Å². The van der Waals surface area contributed by atoms with Gasteiger partial charge in [0.15, 0.2) is 0 Å². The van der Waals surface area contributed by atoms with Gasteiger partial charge in [-0.1, -0.05) is 48.5 Å². The summed E-state index contributed by atoms with van der Waals surface area (Å²) in [7, 11) is 0. The number of carbonyl (C=O) groups is 2. The second kappa shape index (κ2) is 6.84. The fourth-order valence-electron chi connectivity index (χ4n) is 2.77. The second-order valence-corrected chi connectivity index (χ2v) is 6.07. The largest absolute Gasteiger partial charge is 0.383 e. The molecule has 2 amide bonds. The van der Waals surface area contributed by atoms with Gasteiger partial charge in [-0.15, -0.1) is 0 Å². The number of aliphatic hydroxyl groups is 1. The first-order chi connectivity index (χ1) is 11.6. The first-order valence-electron chi connectivity index (χ1n) is 8.02. The molecule has 0 saturated heterocycles. The number of rotatable bonds is 5. The Labute approximate surface area is 140 Å². The molecule has 0 aromatic heterocycles. The van der Waals surface area contributed by atoms with Crippen molar-refractivity contribution >= 4 is 17.5 Å². The Morgan fingerprint density at radius 2 is 1.54 bits per heavy atom. The third kappa shape index (κ3) is 3.63. The molecule has 5 heteroatoms. The predicted octanol–water partition coefficient (Wildman–Crippen LogP) is 2.04. The van der Waals surface area contributed by atoms with Gasteiger partial charge in [0.2, 0.25) is 0 Å². The highest BCUT2D eigenvalue weighted by Gasteiger charge is 2.45. The molecule has 5 nitrogen and oxygen atoms in total. The van der Waals surface area contributed by atoms with Crippen molar-refractivity contribution in [3.63, 3.8) is 0 Å². The Morgan fingerprint density at radius 3 is 2.12 bits per heavy atom. The average Bonchev–Trinajstić information content (AvgIpc) is 3.46. The van der Waals surface area contributed by atoms with Crippen LogP contribution in [0.2, 0.25) is 0 Å².